The molecule has 0 spiro atoms. The van der Waals surface area contributed by atoms with E-state index >= 15 is 0 Å². The first kappa shape index (κ1) is 19.4. The SMILES string of the molecule is O=[N+]([O-])c1cc(/C=N/Nc2nc3ccccc3s2)ccc1Sc1ccc(Cl)cc1. The molecule has 0 saturated heterocycles. The average Bonchev–Trinajstić information content (AvgIpc) is 3.13. The Hall–Kier alpha value is -2.94. The fourth-order valence-electron chi connectivity index (χ4n) is 2.56. The maximum absolute atomic E-state index is 11.5. The fraction of sp³-hybridized carbons (Fsp3) is 0. The molecule has 1 heterocycles. The second kappa shape index (κ2) is 8.60. The number of nitrogens with one attached hydrogen (secondary N) is 1. The molecule has 1 N–H and O–H groups in total. The Bertz CT molecular complexity index is 1180. The van der Waals surface area contributed by atoms with Crippen LogP contribution in [-0.2, 0) is 0 Å². The second-order valence-corrected chi connectivity index (χ2v) is 8.48. The number of thiazole rings is 1. The van der Waals surface area contributed by atoms with Gasteiger partial charge in [0.1, 0.15) is 0 Å². The standard InChI is InChI=1S/C20H13ClN4O2S2/c21-14-6-8-15(9-7-14)28-19-10-5-13(11-17(19)25(26)27)12-22-24-20-23-16-3-1-2-4-18(16)29-20/h1-12H,(H,23,24)/b22-12+. The van der Waals surface area contributed by atoms with E-state index in [2.05, 4.69) is 15.5 Å². The van der Waals surface area contributed by atoms with Crippen LogP contribution in [0.15, 0.2) is 81.6 Å². The van der Waals surface area contributed by atoms with E-state index < -0.39 is 4.92 Å². The number of anilines is 1. The van der Waals surface area contributed by atoms with Crippen LogP contribution in [0.2, 0.25) is 5.02 Å². The van der Waals surface area contributed by atoms with Gasteiger partial charge in [-0.25, -0.2) is 4.98 Å². The number of halogens is 1. The molecular weight excluding hydrogens is 428 g/mol. The lowest BCUT2D eigenvalue weighted by molar-refractivity contribution is -0.387. The van der Waals surface area contributed by atoms with Crippen LogP contribution in [0.5, 0.6) is 0 Å². The second-order valence-electron chi connectivity index (χ2n) is 5.90. The van der Waals surface area contributed by atoms with Crippen molar-refractivity contribution >= 4 is 61.9 Å². The van der Waals surface area contributed by atoms with Crippen LogP contribution in [0.3, 0.4) is 0 Å². The van der Waals surface area contributed by atoms with E-state index in [1.807, 2.05) is 36.4 Å². The number of nitro benzene ring substituents is 1. The predicted molar refractivity (Wildman–Crippen MR) is 120 cm³/mol. The third-order valence-corrected chi connectivity index (χ3v) is 6.15. The Morgan fingerprint density at radius 3 is 2.69 bits per heavy atom. The van der Waals surface area contributed by atoms with Gasteiger partial charge < -0.3 is 0 Å². The molecule has 9 heteroatoms. The molecule has 0 unspecified atom stereocenters. The van der Waals surface area contributed by atoms with Crippen molar-refractivity contribution in [2.45, 2.75) is 9.79 Å². The highest BCUT2D eigenvalue weighted by atomic mass is 35.5. The molecule has 6 nitrogen and oxygen atoms in total. The summed E-state index contributed by atoms with van der Waals surface area (Å²) >= 11 is 8.69. The number of benzene rings is 3. The van der Waals surface area contributed by atoms with Crippen molar-refractivity contribution in [1.29, 1.82) is 0 Å². The van der Waals surface area contributed by atoms with E-state index in [1.54, 1.807) is 24.3 Å². The summed E-state index contributed by atoms with van der Waals surface area (Å²) in [6.45, 7) is 0. The Morgan fingerprint density at radius 1 is 1.14 bits per heavy atom. The smallest absolute Gasteiger partial charge is 0.258 e. The fourth-order valence-corrected chi connectivity index (χ4v) is 4.40. The summed E-state index contributed by atoms with van der Waals surface area (Å²) in [5.74, 6) is 0. The van der Waals surface area contributed by atoms with Gasteiger partial charge in [0.2, 0.25) is 5.13 Å². The lowest BCUT2D eigenvalue weighted by atomic mass is 10.2. The van der Waals surface area contributed by atoms with Crippen molar-refractivity contribution in [3.05, 3.63) is 87.4 Å². The number of hydrazone groups is 1. The molecule has 0 fully saturated rings. The van der Waals surface area contributed by atoms with Crippen molar-refractivity contribution in [3.8, 4) is 0 Å². The van der Waals surface area contributed by atoms with Crippen molar-refractivity contribution in [1.82, 2.24) is 4.98 Å². The summed E-state index contributed by atoms with van der Waals surface area (Å²) in [5, 5.41) is 17.0. The summed E-state index contributed by atoms with van der Waals surface area (Å²) < 4.78 is 1.06. The summed E-state index contributed by atoms with van der Waals surface area (Å²) in [7, 11) is 0. The molecule has 0 amide bonds. The van der Waals surface area contributed by atoms with Gasteiger partial charge in [-0.3, -0.25) is 15.5 Å². The van der Waals surface area contributed by atoms with Crippen molar-refractivity contribution in [3.63, 3.8) is 0 Å². The highest BCUT2D eigenvalue weighted by molar-refractivity contribution is 7.99. The Labute approximate surface area is 179 Å². The van der Waals surface area contributed by atoms with Gasteiger partial charge in [0.15, 0.2) is 0 Å². The first-order chi connectivity index (χ1) is 14.1. The lowest BCUT2D eigenvalue weighted by Crippen LogP contribution is -1.94. The number of nitrogens with zero attached hydrogens (tertiary/aromatic N) is 3. The van der Waals surface area contributed by atoms with Crippen LogP contribution < -0.4 is 5.43 Å². The molecule has 0 saturated carbocycles. The molecule has 0 aliphatic rings. The number of hydrogen-bond acceptors (Lipinski definition) is 7. The molecular formula is C20H13ClN4O2S2. The number of hydrogen-bond donors (Lipinski definition) is 1. The topological polar surface area (TPSA) is 80.4 Å². The molecule has 0 aliphatic carbocycles. The largest absolute Gasteiger partial charge is 0.283 e. The summed E-state index contributed by atoms with van der Waals surface area (Å²) in [6, 6.07) is 20.0. The number of rotatable bonds is 6. The zero-order valence-corrected chi connectivity index (χ0v) is 17.2. The van der Waals surface area contributed by atoms with Gasteiger partial charge in [0, 0.05) is 21.5 Å². The highest BCUT2D eigenvalue weighted by Crippen LogP contribution is 2.35. The monoisotopic (exact) mass is 440 g/mol. The minimum atomic E-state index is -0.392. The van der Waals surface area contributed by atoms with Crippen molar-refractivity contribution < 1.29 is 4.92 Å². The van der Waals surface area contributed by atoms with Crippen molar-refractivity contribution in [2.24, 2.45) is 5.10 Å². The van der Waals surface area contributed by atoms with Gasteiger partial charge in [-0.05, 0) is 42.5 Å². The van der Waals surface area contributed by atoms with Gasteiger partial charge in [-0.1, -0.05) is 52.9 Å². The molecule has 0 radical (unpaired) electrons. The molecule has 144 valence electrons. The number of nitro groups is 1. The molecule has 4 rings (SSSR count). The van der Waals surface area contributed by atoms with Gasteiger partial charge >= 0.3 is 0 Å². The van der Waals surface area contributed by atoms with E-state index in [9.17, 15) is 10.1 Å². The normalized spacial score (nSPS) is 11.2. The van der Waals surface area contributed by atoms with Crippen LogP contribution in [-0.4, -0.2) is 16.1 Å². The zero-order valence-electron chi connectivity index (χ0n) is 14.8. The molecule has 0 bridgehead atoms. The van der Waals surface area contributed by atoms with Crippen LogP contribution >= 0.6 is 34.7 Å². The maximum atomic E-state index is 11.5. The van der Waals surface area contributed by atoms with E-state index in [0.29, 0.717) is 20.6 Å². The summed E-state index contributed by atoms with van der Waals surface area (Å²) in [4.78, 5) is 17.0. The van der Waals surface area contributed by atoms with Crippen LogP contribution in [0, 0.1) is 10.1 Å². The van der Waals surface area contributed by atoms with Gasteiger partial charge in [-0.15, -0.1) is 0 Å². The molecule has 4 aromatic rings. The lowest BCUT2D eigenvalue weighted by Gasteiger charge is -2.04. The third kappa shape index (κ3) is 4.73. The van der Waals surface area contributed by atoms with E-state index in [4.69, 9.17) is 11.6 Å². The van der Waals surface area contributed by atoms with Gasteiger partial charge in [-0.2, -0.15) is 5.10 Å². The minimum absolute atomic E-state index is 0.0221. The average molecular weight is 441 g/mol. The zero-order chi connectivity index (χ0) is 20.2. The van der Waals surface area contributed by atoms with E-state index in [1.165, 1.54) is 35.4 Å². The molecule has 1 aromatic heterocycles. The van der Waals surface area contributed by atoms with Crippen molar-refractivity contribution in [2.75, 3.05) is 5.43 Å². The predicted octanol–water partition coefficient (Wildman–Crippen LogP) is 6.46. The van der Waals surface area contributed by atoms with E-state index in [-0.39, 0.29) is 5.69 Å². The summed E-state index contributed by atoms with van der Waals surface area (Å²) in [6.07, 6.45) is 1.54. The number of fused-ring (bicyclic) bond motifs is 1. The van der Waals surface area contributed by atoms with Gasteiger partial charge in [0.25, 0.3) is 5.69 Å². The Morgan fingerprint density at radius 2 is 1.93 bits per heavy atom. The molecule has 29 heavy (non-hydrogen) atoms. The number of para-hydroxylation sites is 1. The first-order valence-corrected chi connectivity index (χ1v) is 10.5. The van der Waals surface area contributed by atoms with Crippen LogP contribution in [0.4, 0.5) is 10.8 Å². The van der Waals surface area contributed by atoms with Gasteiger partial charge in [0.05, 0.1) is 26.3 Å². The Kier molecular flexibility index (Phi) is 5.75. The maximum Gasteiger partial charge on any atom is 0.283 e. The van der Waals surface area contributed by atoms with Crippen LogP contribution in [0.1, 0.15) is 5.56 Å². The molecule has 0 atom stereocenters. The summed E-state index contributed by atoms with van der Waals surface area (Å²) in [5.41, 5.74) is 4.42. The minimum Gasteiger partial charge on any atom is -0.258 e. The third-order valence-electron chi connectivity index (χ3n) is 3.89. The van der Waals surface area contributed by atoms with Crippen LogP contribution in [0.25, 0.3) is 10.2 Å². The molecule has 3 aromatic carbocycles. The quantitative estimate of drug-likeness (QED) is 0.211. The van der Waals surface area contributed by atoms with E-state index in [0.717, 1.165) is 15.1 Å². The molecule has 0 aliphatic heterocycles. The number of aromatic nitrogens is 1. The first-order valence-electron chi connectivity index (χ1n) is 8.45. The Balaban J connectivity index is 1.51. The highest BCUT2D eigenvalue weighted by Gasteiger charge is 2.15.